The summed E-state index contributed by atoms with van der Waals surface area (Å²) in [5.41, 5.74) is 0.708. The summed E-state index contributed by atoms with van der Waals surface area (Å²) in [4.78, 5) is 60.8. The molecule has 4 rings (SSSR count). The number of aromatic nitrogens is 5. The van der Waals surface area contributed by atoms with E-state index in [0.29, 0.717) is 11.3 Å². The number of amides is 2. The van der Waals surface area contributed by atoms with Gasteiger partial charge in [0.2, 0.25) is 17.6 Å². The van der Waals surface area contributed by atoms with Crippen LogP contribution in [0.1, 0.15) is 62.5 Å². The first-order valence-electron chi connectivity index (χ1n) is 14.1. The van der Waals surface area contributed by atoms with Crippen LogP contribution in [0.5, 0.6) is 0 Å². The number of benzene rings is 1. The molecule has 44 heavy (non-hydrogen) atoms. The first-order valence-corrected chi connectivity index (χ1v) is 14.1. The minimum Gasteiger partial charge on any atom is -0.453 e. The molecule has 0 aliphatic carbocycles. The zero-order valence-corrected chi connectivity index (χ0v) is 25.5. The number of rotatable bonds is 11. The topological polar surface area (TPSA) is 171 Å². The minimum absolute atomic E-state index is 0.180. The number of carbonyl (C=O) groups is 3. The first-order chi connectivity index (χ1) is 21.0. The first kappa shape index (κ1) is 31.7. The molecule has 3 aromatic heterocycles. The number of hydrogen-bond acceptors (Lipinski definition) is 10. The van der Waals surface area contributed by atoms with Crippen LogP contribution in [0.4, 0.5) is 10.5 Å². The minimum atomic E-state index is -1.04. The van der Waals surface area contributed by atoms with Crippen LogP contribution in [0.25, 0.3) is 11.4 Å². The normalized spacial score (nSPS) is 12.1. The summed E-state index contributed by atoms with van der Waals surface area (Å²) in [6.07, 6.45) is 2.96. The van der Waals surface area contributed by atoms with Crippen LogP contribution in [0.2, 0.25) is 0 Å². The van der Waals surface area contributed by atoms with Crippen LogP contribution in [-0.2, 0) is 27.9 Å². The largest absolute Gasteiger partial charge is 0.453 e. The molecule has 4 aromatic rings. The van der Waals surface area contributed by atoms with Gasteiger partial charge in [0, 0.05) is 11.8 Å². The summed E-state index contributed by atoms with van der Waals surface area (Å²) in [5, 5.41) is 13.1. The number of anilines is 1. The van der Waals surface area contributed by atoms with Gasteiger partial charge in [-0.15, -0.1) is 10.2 Å². The molecule has 13 heteroatoms. The van der Waals surface area contributed by atoms with Crippen LogP contribution < -0.4 is 16.2 Å². The van der Waals surface area contributed by atoms with E-state index in [2.05, 4.69) is 35.5 Å². The summed E-state index contributed by atoms with van der Waals surface area (Å²) in [6.45, 7) is 8.79. The Labute approximate surface area is 254 Å². The van der Waals surface area contributed by atoms with Crippen molar-refractivity contribution in [3.63, 3.8) is 0 Å². The summed E-state index contributed by atoms with van der Waals surface area (Å²) in [7, 11) is 1.16. The third-order valence-corrected chi connectivity index (χ3v) is 7.11. The second-order valence-electron chi connectivity index (χ2n) is 11.0. The zero-order chi connectivity index (χ0) is 32.0. The fraction of sp³-hybridized carbons (Fsp3) is 0.355. The Bertz CT molecular complexity index is 1690. The zero-order valence-electron chi connectivity index (χ0n) is 25.5. The maximum atomic E-state index is 13.5. The number of nitrogens with zero attached hydrogens (tertiary/aromatic N) is 5. The molecular weight excluding hydrogens is 566 g/mol. The fourth-order valence-corrected chi connectivity index (χ4v) is 4.42. The third kappa shape index (κ3) is 6.88. The molecule has 0 fully saturated rings. The number of carbonyl (C=O) groups excluding carboxylic acids is 3. The number of aryl methyl sites for hydroxylation is 1. The van der Waals surface area contributed by atoms with Gasteiger partial charge in [-0.3, -0.25) is 29.3 Å². The highest BCUT2D eigenvalue weighted by Crippen LogP contribution is 2.29. The standard InChI is InChI=1S/C31H35N7O6/c1-7-19-13-14-22(32-15-19)31(4,5)29-37-36-27(44-29)25(40)24(18(2)3)35-23(39)17-38-26(20-11-9-8-10-12-20)33-16-21(28(38)41)34-30(42)43-6/h8-16,18,24H,7,17H2,1-6H3,(H,34,42)(H,35,39). The van der Waals surface area contributed by atoms with Crippen molar-refractivity contribution in [3.05, 3.63) is 88.3 Å². The highest BCUT2D eigenvalue weighted by Gasteiger charge is 2.35. The molecule has 0 radical (unpaired) electrons. The molecule has 1 atom stereocenters. The Morgan fingerprint density at radius 2 is 1.75 bits per heavy atom. The number of hydrogen-bond donors (Lipinski definition) is 2. The Morgan fingerprint density at radius 1 is 1.02 bits per heavy atom. The Morgan fingerprint density at radius 3 is 2.36 bits per heavy atom. The van der Waals surface area contributed by atoms with Gasteiger partial charge in [-0.25, -0.2) is 9.78 Å². The molecule has 0 aliphatic rings. The van der Waals surface area contributed by atoms with E-state index >= 15 is 0 Å². The number of ether oxygens (including phenoxy) is 1. The van der Waals surface area contributed by atoms with Crippen LogP contribution in [0.3, 0.4) is 0 Å². The molecule has 230 valence electrons. The summed E-state index contributed by atoms with van der Waals surface area (Å²) < 4.78 is 11.5. The molecule has 0 aliphatic heterocycles. The lowest BCUT2D eigenvalue weighted by atomic mass is 9.88. The molecule has 13 nitrogen and oxygen atoms in total. The number of pyridine rings is 1. The number of nitrogens with one attached hydrogen (secondary N) is 2. The van der Waals surface area contributed by atoms with Gasteiger partial charge in [-0.05, 0) is 37.8 Å². The molecule has 1 aromatic carbocycles. The monoisotopic (exact) mass is 601 g/mol. The van der Waals surface area contributed by atoms with Crippen molar-refractivity contribution in [1.29, 1.82) is 0 Å². The van der Waals surface area contributed by atoms with E-state index in [1.807, 2.05) is 32.9 Å². The van der Waals surface area contributed by atoms with Gasteiger partial charge >= 0.3 is 6.09 Å². The van der Waals surface area contributed by atoms with Gasteiger partial charge in [0.25, 0.3) is 11.4 Å². The van der Waals surface area contributed by atoms with Crippen molar-refractivity contribution >= 4 is 23.5 Å². The van der Waals surface area contributed by atoms with Crippen molar-refractivity contribution in [1.82, 2.24) is 30.0 Å². The van der Waals surface area contributed by atoms with Gasteiger partial charge in [-0.1, -0.05) is 57.2 Å². The maximum absolute atomic E-state index is 13.5. The average molecular weight is 602 g/mol. The molecule has 3 heterocycles. The third-order valence-electron chi connectivity index (χ3n) is 7.11. The van der Waals surface area contributed by atoms with Gasteiger partial charge < -0.3 is 14.5 Å². The summed E-state index contributed by atoms with van der Waals surface area (Å²) in [6, 6.07) is 11.6. The highest BCUT2D eigenvalue weighted by atomic mass is 16.5. The van der Waals surface area contributed by atoms with Gasteiger partial charge in [-0.2, -0.15) is 0 Å². The van der Waals surface area contributed by atoms with Crippen molar-refractivity contribution in [3.8, 4) is 11.4 Å². The van der Waals surface area contributed by atoms with Crippen LogP contribution in [0.15, 0.2) is 64.1 Å². The average Bonchev–Trinajstić information content (AvgIpc) is 3.53. The van der Waals surface area contributed by atoms with Gasteiger partial charge in [0.15, 0.2) is 0 Å². The second-order valence-corrected chi connectivity index (χ2v) is 11.0. The SMILES string of the molecule is CCc1ccc(C(C)(C)c2nnc(C(=O)C(NC(=O)Cn3c(-c4ccccc4)ncc(NC(=O)OC)c3=O)C(C)C)o2)nc1. The molecule has 0 saturated heterocycles. The van der Waals surface area contributed by atoms with E-state index in [0.717, 1.165) is 23.7 Å². The summed E-state index contributed by atoms with van der Waals surface area (Å²) >= 11 is 0. The number of Topliss-reactive ketones (excluding diaryl/α,β-unsaturated/α-hetero) is 1. The quantitative estimate of drug-likeness (QED) is 0.241. The molecule has 0 saturated carbocycles. The Kier molecular flexibility index (Phi) is 9.67. The van der Waals surface area contributed by atoms with Gasteiger partial charge in [0.1, 0.15) is 18.1 Å². The molecule has 1 unspecified atom stereocenters. The lowest BCUT2D eigenvalue weighted by Gasteiger charge is -2.21. The van der Waals surface area contributed by atoms with Crippen molar-refractivity contribution in [2.45, 2.75) is 59.0 Å². The lowest BCUT2D eigenvalue weighted by molar-refractivity contribution is -0.122. The fourth-order valence-electron chi connectivity index (χ4n) is 4.42. The maximum Gasteiger partial charge on any atom is 0.411 e. The van der Waals surface area contributed by atoms with E-state index in [9.17, 15) is 19.2 Å². The van der Waals surface area contributed by atoms with Gasteiger partial charge in [0.05, 0.1) is 30.5 Å². The second kappa shape index (κ2) is 13.4. The van der Waals surface area contributed by atoms with Crippen molar-refractivity contribution in [2.75, 3.05) is 12.4 Å². The van der Waals surface area contributed by atoms with Crippen molar-refractivity contribution < 1.29 is 23.5 Å². The van der Waals surface area contributed by atoms with Crippen LogP contribution >= 0.6 is 0 Å². The number of ketones is 1. The van der Waals surface area contributed by atoms with E-state index in [4.69, 9.17) is 4.42 Å². The van der Waals surface area contributed by atoms with E-state index in [-0.39, 0.29) is 29.2 Å². The molecule has 2 N–H and O–H groups in total. The van der Waals surface area contributed by atoms with Crippen LogP contribution in [-0.4, -0.2) is 55.7 Å². The van der Waals surface area contributed by atoms with E-state index < -0.39 is 41.3 Å². The predicted octanol–water partition coefficient (Wildman–Crippen LogP) is 3.78. The Hall–Kier alpha value is -5.20. The predicted molar refractivity (Wildman–Crippen MR) is 161 cm³/mol. The molecule has 0 bridgehead atoms. The molecular formula is C31H35N7O6. The summed E-state index contributed by atoms with van der Waals surface area (Å²) in [5.74, 6) is -1.45. The van der Waals surface area contributed by atoms with Crippen molar-refractivity contribution in [2.24, 2.45) is 5.92 Å². The highest BCUT2D eigenvalue weighted by molar-refractivity contribution is 5.98. The lowest BCUT2D eigenvalue weighted by Crippen LogP contribution is -2.46. The smallest absolute Gasteiger partial charge is 0.411 e. The molecule has 0 spiro atoms. The number of methoxy groups -OCH3 is 1. The van der Waals surface area contributed by atoms with Crippen LogP contribution in [0, 0.1) is 5.92 Å². The molecule has 2 amide bonds. The Balaban J connectivity index is 1.58. The van der Waals surface area contributed by atoms with E-state index in [1.165, 1.54) is 6.20 Å². The van der Waals surface area contributed by atoms with E-state index in [1.54, 1.807) is 50.4 Å².